The predicted molar refractivity (Wildman–Crippen MR) is 73.7 cm³/mol. The molecule has 0 bridgehead atoms. The number of carbonyl (C=O) groups is 1. The van der Waals surface area contributed by atoms with E-state index in [1.54, 1.807) is 0 Å². The van der Waals surface area contributed by atoms with Crippen LogP contribution >= 0.6 is 0 Å². The Morgan fingerprint density at radius 3 is 2.76 bits per heavy atom. The summed E-state index contributed by atoms with van der Waals surface area (Å²) >= 11 is 0. The van der Waals surface area contributed by atoms with Gasteiger partial charge < -0.3 is 10.1 Å². The number of hydrogen-bond donors (Lipinski definition) is 1. The number of rotatable bonds is 3. The zero-order valence-electron chi connectivity index (χ0n) is 12.1. The standard InChI is InChI=1S/C14H17FN2O4/c1-8-6-10(17(19)20)7-11(12(8)15)13(18)16-14(3)4-5-21-9(14)2/h6-7,9H,4-5H2,1-3H3,(H,16,18). The first kappa shape index (κ1) is 15.4. The quantitative estimate of drug-likeness (QED) is 0.685. The maximum absolute atomic E-state index is 14.1. The van der Waals surface area contributed by atoms with Crippen molar-refractivity contribution in [2.45, 2.75) is 38.8 Å². The van der Waals surface area contributed by atoms with Crippen LogP contribution in [0.25, 0.3) is 0 Å². The summed E-state index contributed by atoms with van der Waals surface area (Å²) in [4.78, 5) is 22.5. The van der Waals surface area contributed by atoms with Crippen LogP contribution in [0.2, 0.25) is 0 Å². The number of carbonyl (C=O) groups excluding carboxylic acids is 1. The SMILES string of the molecule is Cc1cc([N+](=O)[O-])cc(C(=O)NC2(C)CCOC2C)c1F. The summed E-state index contributed by atoms with van der Waals surface area (Å²) in [5.41, 5.74) is -1.17. The highest BCUT2D eigenvalue weighted by Gasteiger charge is 2.39. The molecule has 0 saturated carbocycles. The Balaban J connectivity index is 2.33. The van der Waals surface area contributed by atoms with E-state index < -0.39 is 22.2 Å². The molecule has 0 spiro atoms. The number of nitrogens with one attached hydrogen (secondary N) is 1. The summed E-state index contributed by atoms with van der Waals surface area (Å²) in [5, 5.41) is 13.6. The number of aryl methyl sites for hydroxylation is 1. The average molecular weight is 296 g/mol. The largest absolute Gasteiger partial charge is 0.376 e. The highest BCUT2D eigenvalue weighted by Crippen LogP contribution is 2.27. The second-order valence-electron chi connectivity index (χ2n) is 5.52. The van der Waals surface area contributed by atoms with Crippen LogP contribution in [0.1, 0.15) is 36.2 Å². The Labute approximate surface area is 121 Å². The van der Waals surface area contributed by atoms with Crippen LogP contribution in [0.5, 0.6) is 0 Å². The third kappa shape index (κ3) is 2.87. The number of hydrogen-bond acceptors (Lipinski definition) is 4. The number of non-ortho nitro benzene ring substituents is 1. The number of ether oxygens (including phenoxy) is 1. The van der Waals surface area contributed by atoms with Crippen molar-refractivity contribution in [1.82, 2.24) is 5.32 Å². The minimum Gasteiger partial charge on any atom is -0.376 e. The van der Waals surface area contributed by atoms with Gasteiger partial charge in [-0.2, -0.15) is 0 Å². The van der Waals surface area contributed by atoms with Gasteiger partial charge in [0.05, 0.1) is 22.1 Å². The molecule has 1 aliphatic rings. The van der Waals surface area contributed by atoms with E-state index in [-0.39, 0.29) is 22.9 Å². The summed E-state index contributed by atoms with van der Waals surface area (Å²) in [6, 6.07) is 2.07. The van der Waals surface area contributed by atoms with Crippen LogP contribution in [0.4, 0.5) is 10.1 Å². The summed E-state index contributed by atoms with van der Waals surface area (Å²) in [6.07, 6.45) is 0.402. The fourth-order valence-corrected chi connectivity index (χ4v) is 2.35. The van der Waals surface area contributed by atoms with E-state index in [1.807, 2.05) is 13.8 Å². The van der Waals surface area contributed by atoms with Crippen molar-refractivity contribution in [1.29, 1.82) is 0 Å². The summed E-state index contributed by atoms with van der Waals surface area (Å²) in [6.45, 7) is 5.53. The number of nitro groups is 1. The molecule has 7 heteroatoms. The molecule has 1 heterocycles. The van der Waals surface area contributed by atoms with E-state index in [4.69, 9.17) is 4.74 Å². The Hall–Kier alpha value is -2.02. The van der Waals surface area contributed by atoms with Gasteiger partial charge in [0.1, 0.15) is 5.82 Å². The van der Waals surface area contributed by atoms with Crippen LogP contribution < -0.4 is 5.32 Å². The van der Waals surface area contributed by atoms with Gasteiger partial charge in [-0.25, -0.2) is 4.39 Å². The topological polar surface area (TPSA) is 81.5 Å². The molecule has 0 aromatic heterocycles. The molecule has 1 aromatic carbocycles. The van der Waals surface area contributed by atoms with Gasteiger partial charge in [0.25, 0.3) is 11.6 Å². The number of halogens is 1. The number of nitro benzene ring substituents is 1. The third-order valence-electron chi connectivity index (χ3n) is 3.98. The molecule has 2 atom stereocenters. The van der Waals surface area contributed by atoms with Gasteiger partial charge >= 0.3 is 0 Å². The molecular weight excluding hydrogens is 279 g/mol. The molecule has 1 N–H and O–H groups in total. The van der Waals surface area contributed by atoms with Crippen molar-refractivity contribution >= 4 is 11.6 Å². The van der Waals surface area contributed by atoms with Crippen molar-refractivity contribution in [3.63, 3.8) is 0 Å². The molecule has 0 radical (unpaired) electrons. The van der Waals surface area contributed by atoms with Crippen LogP contribution in [-0.2, 0) is 4.74 Å². The molecule has 2 unspecified atom stereocenters. The Bertz CT molecular complexity index is 605. The van der Waals surface area contributed by atoms with Gasteiger partial charge in [-0.05, 0) is 32.8 Å². The third-order valence-corrected chi connectivity index (χ3v) is 3.98. The first-order valence-electron chi connectivity index (χ1n) is 6.63. The normalized spacial score (nSPS) is 24.9. The lowest BCUT2D eigenvalue weighted by atomic mass is 9.94. The van der Waals surface area contributed by atoms with E-state index in [2.05, 4.69) is 5.32 Å². The number of nitrogens with zero attached hydrogens (tertiary/aromatic N) is 1. The van der Waals surface area contributed by atoms with E-state index in [0.29, 0.717) is 13.0 Å². The van der Waals surface area contributed by atoms with Crippen molar-refractivity contribution in [3.8, 4) is 0 Å². The van der Waals surface area contributed by atoms with E-state index in [1.165, 1.54) is 6.92 Å². The number of amides is 1. The highest BCUT2D eigenvalue weighted by atomic mass is 19.1. The molecule has 1 aliphatic heterocycles. The molecule has 1 aromatic rings. The minimum atomic E-state index is -0.742. The molecule has 1 saturated heterocycles. The first-order valence-corrected chi connectivity index (χ1v) is 6.63. The van der Waals surface area contributed by atoms with E-state index in [9.17, 15) is 19.3 Å². The van der Waals surface area contributed by atoms with Crippen molar-refractivity contribution in [2.24, 2.45) is 0 Å². The monoisotopic (exact) mass is 296 g/mol. The van der Waals surface area contributed by atoms with Gasteiger partial charge in [-0.1, -0.05) is 0 Å². The lowest BCUT2D eigenvalue weighted by molar-refractivity contribution is -0.385. The second kappa shape index (κ2) is 5.40. The zero-order chi connectivity index (χ0) is 15.8. The molecule has 21 heavy (non-hydrogen) atoms. The van der Waals surface area contributed by atoms with Gasteiger partial charge in [-0.15, -0.1) is 0 Å². The molecule has 2 rings (SSSR count). The smallest absolute Gasteiger partial charge is 0.270 e. The minimum absolute atomic E-state index is 0.0650. The lowest BCUT2D eigenvalue weighted by Gasteiger charge is -2.29. The molecular formula is C14H17FN2O4. The van der Waals surface area contributed by atoms with Crippen LogP contribution in [-0.4, -0.2) is 29.1 Å². The molecule has 1 amide bonds. The Morgan fingerprint density at radius 1 is 1.57 bits per heavy atom. The maximum Gasteiger partial charge on any atom is 0.270 e. The van der Waals surface area contributed by atoms with E-state index in [0.717, 1.165) is 12.1 Å². The van der Waals surface area contributed by atoms with Gasteiger partial charge in [-0.3, -0.25) is 14.9 Å². The van der Waals surface area contributed by atoms with Crippen LogP contribution in [0.15, 0.2) is 12.1 Å². The van der Waals surface area contributed by atoms with Crippen molar-refractivity contribution < 1.29 is 18.8 Å². The summed E-state index contributed by atoms with van der Waals surface area (Å²) in [5.74, 6) is -1.41. The van der Waals surface area contributed by atoms with Crippen LogP contribution in [0.3, 0.4) is 0 Å². The fraction of sp³-hybridized carbons (Fsp3) is 0.500. The van der Waals surface area contributed by atoms with Crippen molar-refractivity contribution in [2.75, 3.05) is 6.61 Å². The molecule has 1 fully saturated rings. The highest BCUT2D eigenvalue weighted by molar-refractivity contribution is 5.96. The van der Waals surface area contributed by atoms with Gasteiger partial charge in [0.15, 0.2) is 0 Å². The summed E-state index contributed by atoms with van der Waals surface area (Å²) in [7, 11) is 0. The Kier molecular flexibility index (Phi) is 3.95. The molecule has 114 valence electrons. The summed E-state index contributed by atoms with van der Waals surface area (Å²) < 4.78 is 19.5. The van der Waals surface area contributed by atoms with Crippen molar-refractivity contribution in [3.05, 3.63) is 39.2 Å². The van der Waals surface area contributed by atoms with E-state index >= 15 is 0 Å². The fourth-order valence-electron chi connectivity index (χ4n) is 2.35. The lowest BCUT2D eigenvalue weighted by Crippen LogP contribution is -2.50. The maximum atomic E-state index is 14.1. The first-order chi connectivity index (χ1) is 9.74. The molecule has 0 aliphatic carbocycles. The molecule has 6 nitrogen and oxygen atoms in total. The van der Waals surface area contributed by atoms with Gasteiger partial charge in [0.2, 0.25) is 0 Å². The van der Waals surface area contributed by atoms with Crippen LogP contribution in [0, 0.1) is 22.9 Å². The second-order valence-corrected chi connectivity index (χ2v) is 5.52. The average Bonchev–Trinajstić information content (AvgIpc) is 2.72. The number of benzene rings is 1. The zero-order valence-corrected chi connectivity index (χ0v) is 12.1. The predicted octanol–water partition coefficient (Wildman–Crippen LogP) is 2.34. The van der Waals surface area contributed by atoms with Gasteiger partial charge in [0, 0.05) is 18.7 Å². The Morgan fingerprint density at radius 2 is 2.24 bits per heavy atom.